The number of benzene rings is 1. The van der Waals surface area contributed by atoms with Crippen molar-refractivity contribution in [3.63, 3.8) is 0 Å². The van der Waals surface area contributed by atoms with Gasteiger partial charge in [-0.25, -0.2) is 4.39 Å². The van der Waals surface area contributed by atoms with Crippen molar-refractivity contribution in [3.05, 3.63) is 39.4 Å². The van der Waals surface area contributed by atoms with Crippen molar-refractivity contribution in [1.82, 2.24) is 10.2 Å². The maximum Gasteiger partial charge on any atom is 0.305 e. The highest BCUT2D eigenvalue weighted by molar-refractivity contribution is 5.76. The first-order valence-corrected chi connectivity index (χ1v) is 6.48. The highest BCUT2D eigenvalue weighted by atomic mass is 19.1. The van der Waals surface area contributed by atoms with Crippen molar-refractivity contribution in [1.29, 1.82) is 0 Å². The molecule has 6 nitrogen and oxygen atoms in total. The third-order valence-electron chi connectivity index (χ3n) is 3.52. The average molecular weight is 299 g/mol. The molecule has 0 bridgehead atoms. The molecule has 1 aromatic carbocycles. The summed E-state index contributed by atoms with van der Waals surface area (Å²) in [5, 5.41) is 13.7. The van der Waals surface area contributed by atoms with E-state index in [1.807, 2.05) is 0 Å². The Kier molecular flexibility index (Phi) is 4.46. The second-order valence-electron chi connectivity index (χ2n) is 5.04. The fourth-order valence-electron chi connectivity index (χ4n) is 2.29. The minimum Gasteiger partial charge on any atom is -0.344 e. The van der Waals surface area contributed by atoms with Crippen LogP contribution in [0, 0.1) is 21.7 Å². The topological polar surface area (TPSA) is 75.5 Å². The van der Waals surface area contributed by atoms with Gasteiger partial charge in [0.1, 0.15) is 5.82 Å². The number of piperidine rings is 1. The van der Waals surface area contributed by atoms with Crippen LogP contribution in [0.3, 0.4) is 0 Å². The third kappa shape index (κ3) is 3.52. The van der Waals surface area contributed by atoms with E-state index in [1.165, 1.54) is 0 Å². The lowest BCUT2D eigenvalue weighted by Gasteiger charge is -2.30. The number of nitro groups is 1. The molecule has 0 spiro atoms. The van der Waals surface area contributed by atoms with E-state index in [0.29, 0.717) is 25.5 Å². The number of nitrogens with one attached hydrogen (secondary N) is 1. The van der Waals surface area contributed by atoms with Gasteiger partial charge in [0.05, 0.1) is 4.92 Å². The fourth-order valence-corrected chi connectivity index (χ4v) is 2.29. The normalized spacial score (nSPS) is 18.9. The SMILES string of the molecule is CN1CC(NCc2cc([N+](=O)[O-])c(F)cc2F)CCC1=O. The molecule has 0 radical (unpaired) electrons. The van der Waals surface area contributed by atoms with Gasteiger partial charge in [-0.3, -0.25) is 14.9 Å². The number of rotatable bonds is 4. The van der Waals surface area contributed by atoms with E-state index < -0.39 is 22.2 Å². The van der Waals surface area contributed by atoms with E-state index in [0.717, 1.165) is 6.07 Å². The highest BCUT2D eigenvalue weighted by Crippen LogP contribution is 2.22. The molecule has 0 saturated carbocycles. The molecule has 1 aromatic rings. The molecule has 1 aliphatic rings. The molecule has 1 N–H and O–H groups in total. The number of likely N-dealkylation sites (tertiary alicyclic amines) is 1. The number of hydrogen-bond donors (Lipinski definition) is 1. The zero-order chi connectivity index (χ0) is 15.6. The number of carbonyl (C=O) groups excluding carboxylic acids is 1. The Labute approximate surface area is 119 Å². The van der Waals surface area contributed by atoms with Crippen molar-refractivity contribution in [2.45, 2.75) is 25.4 Å². The van der Waals surface area contributed by atoms with Crippen molar-refractivity contribution < 1.29 is 18.5 Å². The van der Waals surface area contributed by atoms with Crippen LogP contribution in [0.1, 0.15) is 18.4 Å². The Balaban J connectivity index is 2.05. The number of nitro benzene ring substituents is 1. The maximum absolute atomic E-state index is 13.6. The van der Waals surface area contributed by atoms with E-state index in [9.17, 15) is 23.7 Å². The number of likely N-dealkylation sites (N-methyl/N-ethyl adjacent to an activating group) is 1. The summed E-state index contributed by atoms with van der Waals surface area (Å²) in [7, 11) is 1.68. The van der Waals surface area contributed by atoms with Crippen LogP contribution >= 0.6 is 0 Å². The van der Waals surface area contributed by atoms with Crippen LogP contribution < -0.4 is 5.32 Å². The van der Waals surface area contributed by atoms with E-state index in [1.54, 1.807) is 11.9 Å². The van der Waals surface area contributed by atoms with Gasteiger partial charge in [0, 0.05) is 50.3 Å². The molecule has 2 rings (SSSR count). The van der Waals surface area contributed by atoms with Gasteiger partial charge in [0.25, 0.3) is 0 Å². The van der Waals surface area contributed by atoms with Gasteiger partial charge >= 0.3 is 5.69 Å². The minimum absolute atomic E-state index is 0.0174. The van der Waals surface area contributed by atoms with Crippen LogP contribution in [0.15, 0.2) is 12.1 Å². The van der Waals surface area contributed by atoms with Crippen LogP contribution in [0.25, 0.3) is 0 Å². The van der Waals surface area contributed by atoms with Crippen molar-refractivity contribution >= 4 is 11.6 Å². The second kappa shape index (κ2) is 6.13. The molecular weight excluding hydrogens is 284 g/mol. The highest BCUT2D eigenvalue weighted by Gasteiger charge is 2.23. The molecule has 0 aliphatic carbocycles. The van der Waals surface area contributed by atoms with Gasteiger partial charge in [0.15, 0.2) is 0 Å². The van der Waals surface area contributed by atoms with E-state index in [2.05, 4.69) is 5.32 Å². The van der Waals surface area contributed by atoms with Gasteiger partial charge in [-0.05, 0) is 6.42 Å². The van der Waals surface area contributed by atoms with Crippen LogP contribution in [0.2, 0.25) is 0 Å². The Hall–Kier alpha value is -2.09. The van der Waals surface area contributed by atoms with Gasteiger partial charge in [-0.1, -0.05) is 0 Å². The van der Waals surface area contributed by atoms with Crippen LogP contribution in [0.5, 0.6) is 0 Å². The van der Waals surface area contributed by atoms with E-state index >= 15 is 0 Å². The maximum atomic E-state index is 13.6. The standard InChI is InChI=1S/C13H15F2N3O3/c1-17-7-9(2-3-13(17)19)16-6-8-4-12(18(20)21)11(15)5-10(8)14/h4-5,9,16H,2-3,6-7H2,1H3. The van der Waals surface area contributed by atoms with Crippen molar-refractivity contribution in [2.75, 3.05) is 13.6 Å². The van der Waals surface area contributed by atoms with Crippen LogP contribution in [0.4, 0.5) is 14.5 Å². The first kappa shape index (κ1) is 15.3. The quantitative estimate of drug-likeness (QED) is 0.676. The van der Waals surface area contributed by atoms with Gasteiger partial charge in [-0.2, -0.15) is 4.39 Å². The minimum atomic E-state index is -1.19. The molecule has 1 unspecified atom stereocenters. The average Bonchev–Trinajstić information content (AvgIpc) is 2.41. The first-order valence-electron chi connectivity index (χ1n) is 6.48. The molecule has 21 heavy (non-hydrogen) atoms. The lowest BCUT2D eigenvalue weighted by Crippen LogP contribution is -2.46. The number of amides is 1. The molecular formula is C13H15F2N3O3. The molecule has 8 heteroatoms. The molecule has 1 aliphatic heterocycles. The van der Waals surface area contributed by atoms with Crippen molar-refractivity contribution in [3.8, 4) is 0 Å². The molecule has 1 amide bonds. The van der Waals surface area contributed by atoms with Gasteiger partial charge in [-0.15, -0.1) is 0 Å². The number of nitrogens with zero attached hydrogens (tertiary/aromatic N) is 2. The first-order chi connectivity index (χ1) is 9.88. The Bertz CT molecular complexity index is 580. The monoisotopic (exact) mass is 299 g/mol. The van der Waals surface area contributed by atoms with Crippen LogP contribution in [-0.4, -0.2) is 35.4 Å². The van der Waals surface area contributed by atoms with Crippen LogP contribution in [-0.2, 0) is 11.3 Å². The number of carbonyl (C=O) groups is 1. The molecule has 1 atom stereocenters. The number of halogens is 2. The summed E-state index contributed by atoms with van der Waals surface area (Å²) in [5.74, 6) is -1.97. The second-order valence-corrected chi connectivity index (χ2v) is 5.04. The Morgan fingerprint density at radius 3 is 2.76 bits per heavy atom. The predicted octanol–water partition coefficient (Wildman–Crippen LogP) is 1.58. The molecule has 114 valence electrons. The largest absolute Gasteiger partial charge is 0.344 e. The summed E-state index contributed by atoms with van der Waals surface area (Å²) in [5.41, 5.74) is -0.716. The molecule has 0 aromatic heterocycles. The lowest BCUT2D eigenvalue weighted by atomic mass is 10.0. The smallest absolute Gasteiger partial charge is 0.305 e. The Morgan fingerprint density at radius 2 is 2.14 bits per heavy atom. The summed E-state index contributed by atoms with van der Waals surface area (Å²) in [6.45, 7) is 0.531. The summed E-state index contributed by atoms with van der Waals surface area (Å²) < 4.78 is 26.8. The zero-order valence-electron chi connectivity index (χ0n) is 11.4. The fraction of sp³-hybridized carbons (Fsp3) is 0.462. The number of hydrogen-bond acceptors (Lipinski definition) is 4. The Morgan fingerprint density at radius 1 is 1.43 bits per heavy atom. The summed E-state index contributed by atoms with van der Waals surface area (Å²) in [4.78, 5) is 22.7. The van der Waals surface area contributed by atoms with E-state index in [4.69, 9.17) is 0 Å². The summed E-state index contributed by atoms with van der Waals surface area (Å²) in [6, 6.07) is 1.40. The van der Waals surface area contributed by atoms with Crippen molar-refractivity contribution in [2.24, 2.45) is 0 Å². The summed E-state index contributed by atoms with van der Waals surface area (Å²) in [6.07, 6.45) is 1.02. The molecule has 1 heterocycles. The lowest BCUT2D eigenvalue weighted by molar-refractivity contribution is -0.387. The third-order valence-corrected chi connectivity index (χ3v) is 3.52. The zero-order valence-corrected chi connectivity index (χ0v) is 11.4. The predicted molar refractivity (Wildman–Crippen MR) is 70.5 cm³/mol. The van der Waals surface area contributed by atoms with E-state index in [-0.39, 0.29) is 24.1 Å². The molecule has 1 saturated heterocycles. The van der Waals surface area contributed by atoms with Gasteiger partial charge in [0.2, 0.25) is 11.7 Å². The molecule has 1 fully saturated rings. The van der Waals surface area contributed by atoms with Gasteiger partial charge < -0.3 is 10.2 Å². The summed E-state index contributed by atoms with van der Waals surface area (Å²) >= 11 is 0.